The standard InChI is InChI=1S/C26H26ClN3O2/c1-4-29-23-15-19(6-8-21(23)22-10-11-28(2)16-24(22)29)30-12-9-17(13-26(30)31)20-7-5-18(27)14-25(20)32-3/h5-9,12-15H,4,10-11,16H2,1-3H3. The van der Waals surface area contributed by atoms with Gasteiger partial charge in [0.15, 0.2) is 0 Å². The van der Waals surface area contributed by atoms with Crippen molar-refractivity contribution in [3.8, 4) is 22.6 Å². The summed E-state index contributed by atoms with van der Waals surface area (Å²) in [5.41, 5.74) is 6.47. The van der Waals surface area contributed by atoms with Gasteiger partial charge in [0.2, 0.25) is 0 Å². The summed E-state index contributed by atoms with van der Waals surface area (Å²) in [6.45, 7) is 5.13. The van der Waals surface area contributed by atoms with E-state index in [2.05, 4.69) is 35.6 Å². The fourth-order valence-electron chi connectivity index (χ4n) is 4.83. The van der Waals surface area contributed by atoms with E-state index >= 15 is 0 Å². The highest BCUT2D eigenvalue weighted by atomic mass is 35.5. The molecular weight excluding hydrogens is 422 g/mol. The third-order valence-corrected chi connectivity index (χ3v) is 6.66. The molecule has 0 N–H and O–H groups in total. The number of halogens is 1. The van der Waals surface area contributed by atoms with Gasteiger partial charge < -0.3 is 14.2 Å². The number of fused-ring (bicyclic) bond motifs is 3. The summed E-state index contributed by atoms with van der Waals surface area (Å²) >= 11 is 6.09. The summed E-state index contributed by atoms with van der Waals surface area (Å²) in [6, 6.07) is 15.4. The molecule has 0 aliphatic carbocycles. The van der Waals surface area contributed by atoms with Gasteiger partial charge in [-0.15, -0.1) is 0 Å². The average Bonchev–Trinajstić information content (AvgIpc) is 3.10. The van der Waals surface area contributed by atoms with Crippen LogP contribution in [-0.4, -0.2) is 34.7 Å². The van der Waals surface area contributed by atoms with Gasteiger partial charge in [-0.2, -0.15) is 0 Å². The maximum atomic E-state index is 13.1. The average molecular weight is 448 g/mol. The summed E-state index contributed by atoms with van der Waals surface area (Å²) < 4.78 is 9.55. The predicted octanol–water partition coefficient (Wildman–Crippen LogP) is 5.13. The topological polar surface area (TPSA) is 39.4 Å². The molecule has 0 atom stereocenters. The maximum absolute atomic E-state index is 13.1. The maximum Gasteiger partial charge on any atom is 0.255 e. The second kappa shape index (κ2) is 8.15. The number of pyridine rings is 1. The number of hydrogen-bond donors (Lipinski definition) is 0. The molecule has 0 spiro atoms. The third kappa shape index (κ3) is 3.42. The fourth-order valence-corrected chi connectivity index (χ4v) is 5.00. The van der Waals surface area contributed by atoms with Crippen LogP contribution < -0.4 is 10.3 Å². The number of likely N-dealkylation sites (N-methyl/N-ethyl adjacent to an activating group) is 1. The highest BCUT2D eigenvalue weighted by molar-refractivity contribution is 6.30. The minimum Gasteiger partial charge on any atom is -0.496 e. The molecule has 0 fully saturated rings. The SMILES string of the molecule is CCn1c2c(c3ccc(-n4ccc(-c5ccc(Cl)cc5OC)cc4=O)cc31)CCN(C)C2. The number of aromatic nitrogens is 2. The molecule has 0 saturated heterocycles. The molecule has 0 amide bonds. The lowest BCUT2D eigenvalue weighted by atomic mass is 10.0. The van der Waals surface area contributed by atoms with Gasteiger partial charge in [0.05, 0.1) is 18.3 Å². The zero-order valence-electron chi connectivity index (χ0n) is 18.6. The zero-order chi connectivity index (χ0) is 22.4. The molecule has 5 rings (SSSR count). The van der Waals surface area contributed by atoms with Crippen molar-refractivity contribution in [3.63, 3.8) is 0 Å². The molecule has 1 aliphatic rings. The number of aryl methyl sites for hydroxylation is 1. The molecule has 0 bridgehead atoms. The number of rotatable bonds is 4. The van der Waals surface area contributed by atoms with Crippen LogP contribution in [0.15, 0.2) is 59.5 Å². The predicted molar refractivity (Wildman–Crippen MR) is 130 cm³/mol. The zero-order valence-corrected chi connectivity index (χ0v) is 19.3. The molecule has 1 aliphatic heterocycles. The smallest absolute Gasteiger partial charge is 0.255 e. The Kier molecular flexibility index (Phi) is 5.31. The van der Waals surface area contributed by atoms with Crippen LogP contribution >= 0.6 is 11.6 Å². The highest BCUT2D eigenvalue weighted by Gasteiger charge is 2.22. The van der Waals surface area contributed by atoms with E-state index in [9.17, 15) is 4.79 Å². The molecule has 6 heteroatoms. The normalized spacial score (nSPS) is 14.0. The summed E-state index contributed by atoms with van der Waals surface area (Å²) in [7, 11) is 3.77. The largest absolute Gasteiger partial charge is 0.496 e. The van der Waals surface area contributed by atoms with E-state index in [1.807, 2.05) is 24.4 Å². The van der Waals surface area contributed by atoms with Crippen molar-refractivity contribution in [2.75, 3.05) is 20.7 Å². The Labute approximate surface area is 192 Å². The van der Waals surface area contributed by atoms with Gasteiger partial charge >= 0.3 is 0 Å². The minimum absolute atomic E-state index is 0.0852. The number of nitrogens with zero attached hydrogens (tertiary/aromatic N) is 3. The minimum atomic E-state index is -0.0852. The van der Waals surface area contributed by atoms with Crippen LogP contribution in [0.1, 0.15) is 18.2 Å². The first-order valence-electron chi connectivity index (χ1n) is 10.9. The molecule has 32 heavy (non-hydrogen) atoms. The Morgan fingerprint density at radius 1 is 1.09 bits per heavy atom. The van der Waals surface area contributed by atoms with Gasteiger partial charge in [0.25, 0.3) is 5.56 Å². The van der Waals surface area contributed by atoms with Crippen molar-refractivity contribution < 1.29 is 4.74 Å². The number of benzene rings is 2. The quantitative estimate of drug-likeness (QED) is 0.435. The van der Waals surface area contributed by atoms with Crippen LogP contribution in [0, 0.1) is 0 Å². The van der Waals surface area contributed by atoms with E-state index in [1.165, 1.54) is 22.2 Å². The first-order valence-corrected chi connectivity index (χ1v) is 11.3. The first kappa shape index (κ1) is 20.9. The van der Waals surface area contributed by atoms with Gasteiger partial charge in [0, 0.05) is 53.6 Å². The molecule has 0 saturated carbocycles. The van der Waals surface area contributed by atoms with Gasteiger partial charge in [-0.05, 0) is 67.9 Å². The van der Waals surface area contributed by atoms with E-state index in [0.29, 0.717) is 10.8 Å². The molecule has 0 unspecified atom stereocenters. The second-order valence-corrected chi connectivity index (χ2v) is 8.76. The highest BCUT2D eigenvalue weighted by Crippen LogP contribution is 2.33. The monoisotopic (exact) mass is 447 g/mol. The number of hydrogen-bond acceptors (Lipinski definition) is 3. The number of methoxy groups -OCH3 is 1. The lowest BCUT2D eigenvalue weighted by Gasteiger charge is -2.24. The Balaban J connectivity index is 1.60. The van der Waals surface area contributed by atoms with Crippen molar-refractivity contribution >= 4 is 22.5 Å². The molecule has 164 valence electrons. The van der Waals surface area contributed by atoms with Crippen LogP contribution in [0.5, 0.6) is 5.75 Å². The van der Waals surface area contributed by atoms with Crippen molar-refractivity contribution in [3.05, 3.63) is 81.4 Å². The van der Waals surface area contributed by atoms with Gasteiger partial charge in [-0.1, -0.05) is 17.7 Å². The second-order valence-electron chi connectivity index (χ2n) is 8.33. The first-order chi connectivity index (χ1) is 15.5. The molecule has 0 radical (unpaired) electrons. The Morgan fingerprint density at radius 2 is 1.94 bits per heavy atom. The van der Waals surface area contributed by atoms with E-state index in [-0.39, 0.29) is 5.56 Å². The summed E-state index contributed by atoms with van der Waals surface area (Å²) in [4.78, 5) is 15.5. The molecule has 4 aromatic rings. The summed E-state index contributed by atoms with van der Waals surface area (Å²) in [6.07, 6.45) is 2.89. The van der Waals surface area contributed by atoms with Gasteiger partial charge in [0.1, 0.15) is 5.75 Å². The third-order valence-electron chi connectivity index (χ3n) is 6.42. The Hall–Kier alpha value is -3.02. The molecule has 5 nitrogen and oxygen atoms in total. The lowest BCUT2D eigenvalue weighted by molar-refractivity contribution is 0.304. The van der Waals surface area contributed by atoms with E-state index in [4.69, 9.17) is 16.3 Å². The Morgan fingerprint density at radius 3 is 2.69 bits per heavy atom. The Bertz CT molecular complexity index is 1390. The van der Waals surface area contributed by atoms with E-state index < -0.39 is 0 Å². The van der Waals surface area contributed by atoms with Crippen molar-refractivity contribution in [1.29, 1.82) is 0 Å². The van der Waals surface area contributed by atoms with Crippen LogP contribution in [0.25, 0.3) is 27.7 Å². The molecule has 3 heterocycles. The van der Waals surface area contributed by atoms with Gasteiger partial charge in [-0.25, -0.2) is 0 Å². The van der Waals surface area contributed by atoms with Crippen molar-refractivity contribution in [2.24, 2.45) is 0 Å². The molecule has 2 aromatic carbocycles. The van der Waals surface area contributed by atoms with E-state index in [0.717, 1.165) is 42.9 Å². The van der Waals surface area contributed by atoms with E-state index in [1.54, 1.807) is 29.9 Å². The summed E-state index contributed by atoms with van der Waals surface area (Å²) in [5, 5.41) is 1.90. The van der Waals surface area contributed by atoms with Crippen LogP contribution in [0.2, 0.25) is 5.02 Å². The summed E-state index contributed by atoms with van der Waals surface area (Å²) in [5.74, 6) is 0.646. The lowest BCUT2D eigenvalue weighted by Crippen LogP contribution is -2.27. The van der Waals surface area contributed by atoms with Crippen molar-refractivity contribution in [2.45, 2.75) is 26.4 Å². The van der Waals surface area contributed by atoms with Gasteiger partial charge in [-0.3, -0.25) is 9.36 Å². The molecular formula is C26H26ClN3O2. The fraction of sp³-hybridized carbons (Fsp3) is 0.269. The van der Waals surface area contributed by atoms with Crippen molar-refractivity contribution in [1.82, 2.24) is 14.0 Å². The van der Waals surface area contributed by atoms with Crippen LogP contribution in [0.4, 0.5) is 0 Å². The number of ether oxygens (including phenoxy) is 1. The molecule has 2 aromatic heterocycles. The van der Waals surface area contributed by atoms with Crippen LogP contribution in [0.3, 0.4) is 0 Å². The van der Waals surface area contributed by atoms with Crippen LogP contribution in [-0.2, 0) is 19.5 Å².